The van der Waals surface area contributed by atoms with Gasteiger partial charge in [-0.05, 0) is 48.7 Å². The molecule has 0 fully saturated rings. The zero-order chi connectivity index (χ0) is 18.2. The molecule has 1 amide bonds. The molecule has 0 saturated heterocycles. The summed E-state index contributed by atoms with van der Waals surface area (Å²) < 4.78 is 10.6. The Kier molecular flexibility index (Phi) is 7.10. The van der Waals surface area contributed by atoms with Crippen molar-refractivity contribution in [1.29, 1.82) is 0 Å². The van der Waals surface area contributed by atoms with Crippen molar-refractivity contribution in [3.05, 3.63) is 58.1 Å². The minimum atomic E-state index is -0.569. The fourth-order valence-corrected chi connectivity index (χ4v) is 2.79. The summed E-state index contributed by atoms with van der Waals surface area (Å²) in [6.45, 7) is 3.37. The molecular weight excluding hydrogens is 340 g/mol. The zero-order valence-electron chi connectivity index (χ0n) is 14.5. The van der Waals surface area contributed by atoms with Crippen LogP contribution in [0.5, 0.6) is 11.5 Å². The molecule has 0 heterocycles. The van der Waals surface area contributed by atoms with Crippen molar-refractivity contribution in [1.82, 2.24) is 5.32 Å². The van der Waals surface area contributed by atoms with Crippen LogP contribution in [0.4, 0.5) is 0 Å². The molecule has 2 aromatic rings. The van der Waals surface area contributed by atoms with Crippen LogP contribution in [0.25, 0.3) is 0 Å². The number of nitrogens with two attached hydrogens (primary N) is 1. The maximum Gasteiger partial charge on any atom is 0.255 e. The van der Waals surface area contributed by atoms with Crippen molar-refractivity contribution >= 4 is 17.5 Å². The molecule has 2 rings (SSSR count). The molecule has 6 heteroatoms. The van der Waals surface area contributed by atoms with E-state index in [0.717, 1.165) is 18.5 Å². The number of methoxy groups -OCH3 is 1. The van der Waals surface area contributed by atoms with Crippen LogP contribution in [0.3, 0.4) is 0 Å². The van der Waals surface area contributed by atoms with Gasteiger partial charge in [-0.1, -0.05) is 35.9 Å². The third-order valence-corrected chi connectivity index (χ3v) is 4.09. The standard InChI is InChI=1S/C19H23ClN2O3/c1-13-5-3-4-6-15(13)7-8-22-11-14-9-16(20)19(17(10-14)24-2)25-12-18(21)23/h3-6,9-10,22H,7-8,11-12H2,1-2H3,(H2,21,23). The Morgan fingerprint density at radius 2 is 2.04 bits per heavy atom. The van der Waals surface area contributed by atoms with Crippen molar-refractivity contribution in [2.24, 2.45) is 5.73 Å². The molecule has 3 N–H and O–H groups in total. The number of primary amides is 1. The normalized spacial score (nSPS) is 10.5. The van der Waals surface area contributed by atoms with Crippen LogP contribution in [0, 0.1) is 6.92 Å². The molecule has 0 bridgehead atoms. The van der Waals surface area contributed by atoms with Gasteiger partial charge in [-0.3, -0.25) is 4.79 Å². The Hall–Kier alpha value is -2.24. The minimum Gasteiger partial charge on any atom is -0.493 e. The van der Waals surface area contributed by atoms with Gasteiger partial charge in [-0.2, -0.15) is 0 Å². The molecule has 25 heavy (non-hydrogen) atoms. The highest BCUT2D eigenvalue weighted by Gasteiger charge is 2.13. The maximum atomic E-state index is 10.9. The van der Waals surface area contributed by atoms with Crippen molar-refractivity contribution < 1.29 is 14.3 Å². The van der Waals surface area contributed by atoms with Gasteiger partial charge in [0.2, 0.25) is 0 Å². The van der Waals surface area contributed by atoms with E-state index >= 15 is 0 Å². The molecule has 0 saturated carbocycles. The number of hydrogen-bond donors (Lipinski definition) is 2. The summed E-state index contributed by atoms with van der Waals surface area (Å²) in [5.41, 5.74) is 8.69. The number of carbonyl (C=O) groups excluding carboxylic acids is 1. The lowest BCUT2D eigenvalue weighted by Gasteiger charge is -2.14. The third-order valence-electron chi connectivity index (χ3n) is 3.81. The van der Waals surface area contributed by atoms with Crippen molar-refractivity contribution in [3.8, 4) is 11.5 Å². The predicted molar refractivity (Wildman–Crippen MR) is 99.3 cm³/mol. The number of ether oxygens (including phenoxy) is 2. The molecule has 134 valence electrons. The van der Waals surface area contributed by atoms with Gasteiger partial charge in [0.25, 0.3) is 5.91 Å². The smallest absolute Gasteiger partial charge is 0.255 e. The topological polar surface area (TPSA) is 73.6 Å². The quantitative estimate of drug-likeness (QED) is 0.673. The number of aryl methyl sites for hydroxylation is 1. The largest absolute Gasteiger partial charge is 0.493 e. The Bertz CT molecular complexity index is 735. The third kappa shape index (κ3) is 5.66. The van der Waals surface area contributed by atoms with Crippen LogP contribution in [-0.2, 0) is 17.8 Å². The van der Waals surface area contributed by atoms with Gasteiger partial charge in [-0.15, -0.1) is 0 Å². The number of halogens is 1. The average molecular weight is 363 g/mol. The van der Waals surface area contributed by atoms with Gasteiger partial charge in [0.15, 0.2) is 18.1 Å². The number of amides is 1. The van der Waals surface area contributed by atoms with Crippen LogP contribution in [-0.4, -0.2) is 26.2 Å². The van der Waals surface area contributed by atoms with E-state index in [0.29, 0.717) is 23.1 Å². The summed E-state index contributed by atoms with van der Waals surface area (Å²) in [4.78, 5) is 10.9. The van der Waals surface area contributed by atoms with Gasteiger partial charge >= 0.3 is 0 Å². The zero-order valence-corrected chi connectivity index (χ0v) is 15.2. The van der Waals surface area contributed by atoms with Gasteiger partial charge < -0.3 is 20.5 Å². The highest BCUT2D eigenvalue weighted by atomic mass is 35.5. The summed E-state index contributed by atoms with van der Waals surface area (Å²) in [7, 11) is 1.53. The first-order chi connectivity index (χ1) is 12.0. The van der Waals surface area contributed by atoms with Crippen LogP contribution in [0.2, 0.25) is 5.02 Å². The van der Waals surface area contributed by atoms with E-state index < -0.39 is 5.91 Å². The second-order valence-corrected chi connectivity index (χ2v) is 6.12. The molecular formula is C19H23ClN2O3. The second-order valence-electron chi connectivity index (χ2n) is 5.72. The fraction of sp³-hybridized carbons (Fsp3) is 0.316. The van der Waals surface area contributed by atoms with Crippen LogP contribution >= 0.6 is 11.6 Å². The van der Waals surface area contributed by atoms with Crippen molar-refractivity contribution in [3.63, 3.8) is 0 Å². The fourth-order valence-electron chi connectivity index (χ4n) is 2.51. The lowest BCUT2D eigenvalue weighted by molar-refractivity contribution is -0.119. The van der Waals surface area contributed by atoms with E-state index in [1.54, 1.807) is 6.07 Å². The average Bonchev–Trinajstić information content (AvgIpc) is 2.58. The number of nitrogens with one attached hydrogen (secondary N) is 1. The lowest BCUT2D eigenvalue weighted by atomic mass is 10.1. The number of benzene rings is 2. The maximum absolute atomic E-state index is 10.9. The first kappa shape index (κ1) is 19.1. The van der Waals surface area contributed by atoms with Crippen LogP contribution in [0.1, 0.15) is 16.7 Å². The summed E-state index contributed by atoms with van der Waals surface area (Å²) >= 11 is 6.24. The minimum absolute atomic E-state index is 0.246. The number of rotatable bonds is 9. The molecule has 0 radical (unpaired) electrons. The summed E-state index contributed by atoms with van der Waals surface area (Å²) in [5, 5.41) is 3.78. The molecule has 5 nitrogen and oxygen atoms in total. The van der Waals surface area contributed by atoms with Crippen molar-refractivity contribution in [2.75, 3.05) is 20.3 Å². The molecule has 0 aliphatic heterocycles. The second kappa shape index (κ2) is 9.30. The summed E-state index contributed by atoms with van der Waals surface area (Å²) in [6, 6.07) is 12.0. The van der Waals surface area contributed by atoms with E-state index in [1.807, 2.05) is 12.1 Å². The number of hydrogen-bond acceptors (Lipinski definition) is 4. The summed E-state index contributed by atoms with van der Waals surface area (Å²) in [5.74, 6) is 0.233. The molecule has 0 aliphatic rings. The highest BCUT2D eigenvalue weighted by Crippen LogP contribution is 2.36. The highest BCUT2D eigenvalue weighted by molar-refractivity contribution is 6.32. The molecule has 0 aliphatic carbocycles. The molecule has 0 aromatic heterocycles. The monoisotopic (exact) mass is 362 g/mol. The van der Waals surface area contributed by atoms with Gasteiger partial charge in [0.05, 0.1) is 12.1 Å². The SMILES string of the molecule is COc1cc(CNCCc2ccccc2C)cc(Cl)c1OCC(N)=O. The van der Waals surface area contributed by atoms with E-state index in [4.69, 9.17) is 26.8 Å². The van der Waals surface area contributed by atoms with Crippen molar-refractivity contribution in [2.45, 2.75) is 19.9 Å². The van der Waals surface area contributed by atoms with E-state index in [-0.39, 0.29) is 6.61 Å². The van der Waals surface area contributed by atoms with Crippen LogP contribution in [0.15, 0.2) is 36.4 Å². The van der Waals surface area contributed by atoms with Gasteiger partial charge in [0.1, 0.15) is 0 Å². The first-order valence-electron chi connectivity index (χ1n) is 8.04. The Morgan fingerprint density at radius 3 is 2.72 bits per heavy atom. The van der Waals surface area contributed by atoms with Gasteiger partial charge in [0, 0.05) is 6.54 Å². The molecule has 0 spiro atoms. The van der Waals surface area contributed by atoms with E-state index in [2.05, 4.69) is 30.4 Å². The van der Waals surface area contributed by atoms with Crippen LogP contribution < -0.4 is 20.5 Å². The number of carbonyl (C=O) groups is 1. The Labute approximate surface area is 153 Å². The Balaban J connectivity index is 1.94. The summed E-state index contributed by atoms with van der Waals surface area (Å²) in [6.07, 6.45) is 0.956. The molecule has 0 atom stereocenters. The Morgan fingerprint density at radius 1 is 1.28 bits per heavy atom. The molecule has 2 aromatic carbocycles. The van der Waals surface area contributed by atoms with Gasteiger partial charge in [-0.25, -0.2) is 0 Å². The molecule has 0 unspecified atom stereocenters. The predicted octanol–water partition coefficient (Wildman–Crippen LogP) is 2.85. The first-order valence-corrected chi connectivity index (χ1v) is 8.41. The van der Waals surface area contributed by atoms with E-state index in [1.165, 1.54) is 18.2 Å². The lowest BCUT2D eigenvalue weighted by Crippen LogP contribution is -2.20. The van der Waals surface area contributed by atoms with E-state index in [9.17, 15) is 4.79 Å².